The van der Waals surface area contributed by atoms with Gasteiger partial charge in [0.2, 0.25) is 5.28 Å². The molecule has 7 nitrogen and oxygen atoms in total. The maximum absolute atomic E-state index is 12.6. The molecule has 0 radical (unpaired) electrons. The van der Waals surface area contributed by atoms with Crippen molar-refractivity contribution in [2.75, 3.05) is 11.9 Å². The predicted molar refractivity (Wildman–Crippen MR) is 96.9 cm³/mol. The first-order valence-corrected chi connectivity index (χ1v) is 9.57. The Kier molecular flexibility index (Phi) is 4.75. The Labute approximate surface area is 156 Å². The molecule has 26 heavy (non-hydrogen) atoms. The van der Waals surface area contributed by atoms with Gasteiger partial charge >= 0.3 is 5.97 Å². The summed E-state index contributed by atoms with van der Waals surface area (Å²) in [6.45, 7) is 2.15. The third-order valence-corrected chi connectivity index (χ3v) is 5.92. The Morgan fingerprint density at radius 3 is 2.81 bits per heavy atom. The summed E-state index contributed by atoms with van der Waals surface area (Å²) in [6.07, 6.45) is 6.09. The second-order valence-electron chi connectivity index (χ2n) is 7.19. The molecule has 3 aliphatic rings. The van der Waals surface area contributed by atoms with Crippen LogP contribution >= 0.6 is 11.6 Å². The Balaban J connectivity index is 1.69. The molecule has 0 spiro atoms. The van der Waals surface area contributed by atoms with Crippen LogP contribution < -0.4 is 5.32 Å². The maximum Gasteiger partial charge on any atom is 0.311 e. The van der Waals surface area contributed by atoms with Gasteiger partial charge in [-0.25, -0.2) is 4.52 Å². The lowest BCUT2D eigenvalue weighted by Gasteiger charge is -2.47. The van der Waals surface area contributed by atoms with Gasteiger partial charge in [0, 0.05) is 12.2 Å². The maximum atomic E-state index is 12.6. The average Bonchev–Trinajstić information content (AvgIpc) is 3.06. The summed E-state index contributed by atoms with van der Waals surface area (Å²) in [4.78, 5) is 17.0. The van der Waals surface area contributed by atoms with E-state index in [0.717, 1.165) is 36.8 Å². The molecule has 2 heterocycles. The topological polar surface area (TPSA) is 88.8 Å². The van der Waals surface area contributed by atoms with Crippen LogP contribution in [0.25, 0.3) is 5.52 Å². The van der Waals surface area contributed by atoms with Crippen molar-refractivity contribution in [1.82, 2.24) is 14.6 Å². The molecule has 3 aliphatic carbocycles. The number of hydrogen-bond donors (Lipinski definition) is 2. The highest BCUT2D eigenvalue weighted by Crippen LogP contribution is 2.46. The third-order valence-electron chi connectivity index (χ3n) is 5.76. The molecule has 2 aromatic rings. The van der Waals surface area contributed by atoms with E-state index < -0.39 is 0 Å². The fraction of sp³-hybridized carbons (Fsp3) is 0.611. The average molecular weight is 379 g/mol. The van der Waals surface area contributed by atoms with Crippen molar-refractivity contribution >= 4 is 28.9 Å². The fourth-order valence-electron chi connectivity index (χ4n) is 4.61. The van der Waals surface area contributed by atoms with E-state index in [9.17, 15) is 9.90 Å². The van der Waals surface area contributed by atoms with Gasteiger partial charge in [0.25, 0.3) is 0 Å². The summed E-state index contributed by atoms with van der Waals surface area (Å²) in [7, 11) is 0. The number of carbonyl (C=O) groups is 1. The van der Waals surface area contributed by atoms with Gasteiger partial charge in [0.15, 0.2) is 5.82 Å². The number of nitrogens with zero attached hydrogens (tertiary/aromatic N) is 3. The van der Waals surface area contributed by atoms with E-state index in [-0.39, 0.29) is 29.8 Å². The molecule has 0 unspecified atom stereocenters. The zero-order valence-corrected chi connectivity index (χ0v) is 15.4. The summed E-state index contributed by atoms with van der Waals surface area (Å²) in [5, 5.41) is 17.2. The quantitative estimate of drug-likeness (QED) is 0.777. The number of rotatable bonds is 5. The molecule has 0 amide bonds. The normalized spacial score (nSPS) is 27.7. The summed E-state index contributed by atoms with van der Waals surface area (Å²) in [5.74, 6) is 1.07. The lowest BCUT2D eigenvalue weighted by atomic mass is 9.61. The zero-order valence-electron chi connectivity index (χ0n) is 14.7. The molecule has 2 bridgehead atoms. The summed E-state index contributed by atoms with van der Waals surface area (Å²) in [5.41, 5.74) is 1.47. The first kappa shape index (κ1) is 17.5. The molecular weight excluding hydrogens is 356 g/mol. The van der Waals surface area contributed by atoms with Gasteiger partial charge in [-0.3, -0.25) is 4.79 Å². The molecule has 2 aromatic heterocycles. The molecule has 3 fully saturated rings. The summed E-state index contributed by atoms with van der Waals surface area (Å²) < 4.78 is 6.97. The molecule has 140 valence electrons. The molecular formula is C18H23ClN4O3. The number of fused-ring (bicyclic) bond motifs is 4. The number of aliphatic hydroxyl groups excluding tert-OH is 1. The minimum absolute atomic E-state index is 0.0243. The molecule has 0 aliphatic heterocycles. The number of nitrogens with one attached hydrogen (secondary N) is 1. The number of halogens is 1. The first-order valence-electron chi connectivity index (χ1n) is 9.19. The van der Waals surface area contributed by atoms with E-state index in [1.165, 1.54) is 0 Å². The van der Waals surface area contributed by atoms with Crippen LogP contribution in [0, 0.1) is 17.8 Å². The lowest BCUT2D eigenvalue weighted by Crippen LogP contribution is -2.52. The van der Waals surface area contributed by atoms with E-state index >= 15 is 0 Å². The number of aliphatic hydroxyl groups is 1. The number of anilines is 1. The van der Waals surface area contributed by atoms with Gasteiger partial charge in [-0.15, -0.1) is 5.10 Å². The predicted octanol–water partition coefficient (Wildman–Crippen LogP) is 2.65. The van der Waals surface area contributed by atoms with Crippen LogP contribution in [0.2, 0.25) is 5.28 Å². The standard InChI is InChI=1S/C18H23ClN4O3/c1-2-26-17(25)14-11-3-5-12(6-4-11)15(14)20-16-13-7-10(9-24)8-23(13)22-18(19)21-16/h7-8,11-12,14-15,24H,2-6,9H2,1H3,(H,20,21,22)/t11?,12?,14-,15-/m1/s1. The molecule has 2 N–H and O–H groups in total. The van der Waals surface area contributed by atoms with Crippen molar-refractivity contribution in [2.45, 2.75) is 45.3 Å². The van der Waals surface area contributed by atoms with Gasteiger partial charge in [-0.2, -0.15) is 4.98 Å². The molecule has 5 rings (SSSR count). The van der Waals surface area contributed by atoms with Crippen molar-refractivity contribution in [3.8, 4) is 0 Å². The van der Waals surface area contributed by atoms with Crippen LogP contribution in [0.1, 0.15) is 38.2 Å². The Morgan fingerprint density at radius 2 is 2.12 bits per heavy atom. The van der Waals surface area contributed by atoms with E-state index in [2.05, 4.69) is 15.4 Å². The Morgan fingerprint density at radius 1 is 1.38 bits per heavy atom. The lowest BCUT2D eigenvalue weighted by molar-refractivity contribution is -0.154. The largest absolute Gasteiger partial charge is 0.466 e. The molecule has 8 heteroatoms. The fourth-order valence-corrected chi connectivity index (χ4v) is 4.78. The molecule has 0 aromatic carbocycles. The minimum atomic E-state index is -0.163. The Hall–Kier alpha value is -1.86. The van der Waals surface area contributed by atoms with E-state index in [4.69, 9.17) is 16.3 Å². The number of carbonyl (C=O) groups excluding carboxylic acids is 1. The van der Waals surface area contributed by atoms with E-state index in [1.54, 1.807) is 10.7 Å². The SMILES string of the molecule is CCOC(=O)[C@@H]1C2CCC(CC2)[C@H]1Nc1nc(Cl)nn2cc(CO)cc12. The van der Waals surface area contributed by atoms with Crippen LogP contribution in [0.5, 0.6) is 0 Å². The second-order valence-corrected chi connectivity index (χ2v) is 7.53. The van der Waals surface area contributed by atoms with Crippen LogP contribution in [-0.4, -0.2) is 38.3 Å². The monoisotopic (exact) mass is 378 g/mol. The van der Waals surface area contributed by atoms with Crippen LogP contribution in [0.3, 0.4) is 0 Å². The summed E-state index contributed by atoms with van der Waals surface area (Å²) >= 11 is 6.08. The molecule has 3 saturated carbocycles. The highest BCUT2D eigenvalue weighted by molar-refractivity contribution is 6.28. The zero-order chi connectivity index (χ0) is 18.3. The van der Waals surface area contributed by atoms with Crippen molar-refractivity contribution in [2.24, 2.45) is 17.8 Å². The van der Waals surface area contributed by atoms with E-state index in [0.29, 0.717) is 24.3 Å². The first-order chi connectivity index (χ1) is 12.6. The van der Waals surface area contributed by atoms with Crippen LogP contribution in [0.15, 0.2) is 12.3 Å². The van der Waals surface area contributed by atoms with Crippen molar-refractivity contribution in [3.63, 3.8) is 0 Å². The number of aromatic nitrogens is 3. The van der Waals surface area contributed by atoms with Crippen molar-refractivity contribution < 1.29 is 14.6 Å². The highest BCUT2D eigenvalue weighted by atomic mass is 35.5. The second kappa shape index (κ2) is 7.04. The summed E-state index contributed by atoms with van der Waals surface area (Å²) in [6, 6.07) is 1.81. The van der Waals surface area contributed by atoms with Gasteiger partial charge in [0.05, 0.1) is 19.1 Å². The Bertz CT molecular complexity index is 816. The number of hydrogen-bond acceptors (Lipinski definition) is 6. The van der Waals surface area contributed by atoms with Crippen LogP contribution in [-0.2, 0) is 16.1 Å². The number of esters is 1. The van der Waals surface area contributed by atoms with Gasteiger partial charge in [0.1, 0.15) is 5.52 Å². The number of ether oxygens (including phenoxy) is 1. The van der Waals surface area contributed by atoms with Crippen molar-refractivity contribution in [1.29, 1.82) is 0 Å². The van der Waals surface area contributed by atoms with Gasteiger partial charge in [-0.1, -0.05) is 0 Å². The van der Waals surface area contributed by atoms with Crippen LogP contribution in [0.4, 0.5) is 5.82 Å². The molecule has 0 saturated heterocycles. The minimum Gasteiger partial charge on any atom is -0.466 e. The molecule has 2 atom stereocenters. The van der Waals surface area contributed by atoms with Gasteiger partial charge in [-0.05, 0) is 67.7 Å². The highest BCUT2D eigenvalue weighted by Gasteiger charge is 2.48. The van der Waals surface area contributed by atoms with Crippen molar-refractivity contribution in [3.05, 3.63) is 23.1 Å². The third kappa shape index (κ3) is 3.03. The van der Waals surface area contributed by atoms with Gasteiger partial charge < -0.3 is 15.2 Å². The smallest absolute Gasteiger partial charge is 0.311 e. The van der Waals surface area contributed by atoms with E-state index in [1.807, 2.05) is 13.0 Å².